The number of hydrazine groups is 1. The molecular formula is C11H26N4. The fourth-order valence-corrected chi connectivity index (χ4v) is 1.35. The Labute approximate surface area is 93.9 Å². The molecule has 90 valence electrons. The van der Waals surface area contributed by atoms with Crippen molar-refractivity contribution in [2.75, 3.05) is 27.2 Å². The van der Waals surface area contributed by atoms with E-state index in [9.17, 15) is 0 Å². The minimum atomic E-state index is 0.474. The van der Waals surface area contributed by atoms with Crippen LogP contribution >= 0.6 is 0 Å². The lowest BCUT2D eigenvalue weighted by Gasteiger charge is -2.21. The molecule has 0 saturated carbocycles. The van der Waals surface area contributed by atoms with Gasteiger partial charge in [-0.25, -0.2) is 5.01 Å². The van der Waals surface area contributed by atoms with Gasteiger partial charge in [0.15, 0.2) is 0 Å². The van der Waals surface area contributed by atoms with Gasteiger partial charge in [0.1, 0.15) is 0 Å². The van der Waals surface area contributed by atoms with Crippen LogP contribution in [0.5, 0.6) is 0 Å². The Morgan fingerprint density at radius 1 is 1.53 bits per heavy atom. The summed E-state index contributed by atoms with van der Waals surface area (Å²) in [7, 11) is 3.93. The Morgan fingerprint density at radius 3 is 2.67 bits per heavy atom. The molecular weight excluding hydrogens is 188 g/mol. The maximum absolute atomic E-state index is 5.54. The van der Waals surface area contributed by atoms with Crippen LogP contribution in [0.25, 0.3) is 0 Å². The van der Waals surface area contributed by atoms with Gasteiger partial charge in [-0.15, -0.1) is 0 Å². The lowest BCUT2D eigenvalue weighted by molar-refractivity contribution is 0.261. The number of nitrogens with one attached hydrogen (secondary N) is 2. The zero-order valence-corrected chi connectivity index (χ0v) is 10.3. The molecule has 0 aliphatic heterocycles. The first kappa shape index (κ1) is 14.4. The molecule has 0 spiro atoms. The maximum Gasteiger partial charge on any atom is 0.0267 e. The molecule has 0 rings (SSSR count). The average Bonchev–Trinajstić information content (AvgIpc) is 2.25. The van der Waals surface area contributed by atoms with Gasteiger partial charge in [-0.05, 0) is 26.4 Å². The molecule has 4 nitrogen and oxygen atoms in total. The number of nitrogens with two attached hydrogens (primary N) is 1. The van der Waals surface area contributed by atoms with Crippen molar-refractivity contribution in [2.45, 2.75) is 32.2 Å². The molecule has 0 saturated heterocycles. The summed E-state index contributed by atoms with van der Waals surface area (Å²) in [6.07, 6.45) is 3.06. The van der Waals surface area contributed by atoms with Crippen LogP contribution in [0.1, 0.15) is 26.2 Å². The van der Waals surface area contributed by atoms with Crippen LogP contribution in [0.4, 0.5) is 0 Å². The Morgan fingerprint density at radius 2 is 2.20 bits per heavy atom. The minimum Gasteiger partial charge on any atom is -0.386 e. The van der Waals surface area contributed by atoms with E-state index >= 15 is 0 Å². The number of nitrogens with zero attached hydrogens (tertiary/aromatic N) is 1. The summed E-state index contributed by atoms with van der Waals surface area (Å²) in [4.78, 5) is 0. The fourth-order valence-electron chi connectivity index (χ4n) is 1.35. The molecule has 1 unspecified atom stereocenters. The third-order valence-corrected chi connectivity index (χ3v) is 2.55. The maximum atomic E-state index is 5.54. The van der Waals surface area contributed by atoms with E-state index in [-0.39, 0.29) is 0 Å². The van der Waals surface area contributed by atoms with Gasteiger partial charge in [0, 0.05) is 31.8 Å². The SMILES string of the molecule is C=C(CCN(C)NC)NC(CC)CCN. The molecule has 0 aromatic rings. The van der Waals surface area contributed by atoms with Crippen molar-refractivity contribution < 1.29 is 0 Å². The lowest BCUT2D eigenvalue weighted by atomic mass is 10.1. The van der Waals surface area contributed by atoms with E-state index in [0.29, 0.717) is 6.04 Å². The molecule has 1 atom stereocenters. The van der Waals surface area contributed by atoms with Gasteiger partial charge in [-0.2, -0.15) is 0 Å². The van der Waals surface area contributed by atoms with Crippen molar-refractivity contribution >= 4 is 0 Å². The molecule has 0 bridgehead atoms. The topological polar surface area (TPSA) is 53.3 Å². The molecule has 0 aromatic heterocycles. The van der Waals surface area contributed by atoms with E-state index < -0.39 is 0 Å². The first-order chi connectivity index (χ1) is 7.13. The van der Waals surface area contributed by atoms with Gasteiger partial charge in [0.2, 0.25) is 0 Å². The van der Waals surface area contributed by atoms with Gasteiger partial charge < -0.3 is 11.1 Å². The van der Waals surface area contributed by atoms with Crippen LogP contribution in [0.15, 0.2) is 12.3 Å². The number of hydrogen-bond acceptors (Lipinski definition) is 4. The molecule has 4 heteroatoms. The smallest absolute Gasteiger partial charge is 0.0267 e. The Balaban J connectivity index is 3.70. The van der Waals surface area contributed by atoms with E-state index in [1.807, 2.05) is 19.1 Å². The molecule has 15 heavy (non-hydrogen) atoms. The zero-order chi connectivity index (χ0) is 11.7. The van der Waals surface area contributed by atoms with Crippen LogP contribution in [0.2, 0.25) is 0 Å². The first-order valence-corrected chi connectivity index (χ1v) is 5.66. The highest BCUT2D eigenvalue weighted by atomic mass is 15.5. The van der Waals surface area contributed by atoms with Crippen LogP contribution in [-0.4, -0.2) is 38.2 Å². The summed E-state index contributed by atoms with van der Waals surface area (Å²) in [6, 6.07) is 0.474. The van der Waals surface area contributed by atoms with Crippen molar-refractivity contribution in [3.05, 3.63) is 12.3 Å². The van der Waals surface area contributed by atoms with Crippen LogP contribution in [0, 0.1) is 0 Å². The van der Waals surface area contributed by atoms with Crippen LogP contribution < -0.4 is 16.5 Å². The monoisotopic (exact) mass is 214 g/mol. The lowest BCUT2D eigenvalue weighted by Crippen LogP contribution is -2.34. The Bertz CT molecular complexity index is 170. The molecule has 4 N–H and O–H groups in total. The Kier molecular flexibility index (Phi) is 8.37. The van der Waals surface area contributed by atoms with Gasteiger partial charge >= 0.3 is 0 Å². The predicted octanol–water partition coefficient (Wildman–Crippen LogP) is 0.673. The summed E-state index contributed by atoms with van der Waals surface area (Å²) in [5, 5.41) is 5.46. The number of hydrogen-bond donors (Lipinski definition) is 3. The highest BCUT2D eigenvalue weighted by Crippen LogP contribution is 2.02. The minimum absolute atomic E-state index is 0.474. The van der Waals surface area contributed by atoms with Crippen molar-refractivity contribution in [1.82, 2.24) is 15.8 Å². The fraction of sp³-hybridized carbons (Fsp3) is 0.818. The predicted molar refractivity (Wildman–Crippen MR) is 66.3 cm³/mol. The van der Waals surface area contributed by atoms with Crippen molar-refractivity contribution in [2.24, 2.45) is 5.73 Å². The molecule has 0 radical (unpaired) electrons. The second kappa shape index (κ2) is 8.71. The van der Waals surface area contributed by atoms with Crippen molar-refractivity contribution in [3.63, 3.8) is 0 Å². The first-order valence-electron chi connectivity index (χ1n) is 5.66. The summed E-state index contributed by atoms with van der Waals surface area (Å²) in [6.45, 7) is 7.88. The van der Waals surface area contributed by atoms with E-state index in [1.165, 1.54) is 0 Å². The van der Waals surface area contributed by atoms with Crippen LogP contribution in [0.3, 0.4) is 0 Å². The molecule has 0 aliphatic rings. The highest BCUT2D eigenvalue weighted by molar-refractivity contribution is 4.94. The quantitative estimate of drug-likeness (QED) is 0.494. The molecule has 0 heterocycles. The third-order valence-electron chi connectivity index (χ3n) is 2.55. The van der Waals surface area contributed by atoms with E-state index in [0.717, 1.165) is 38.0 Å². The van der Waals surface area contributed by atoms with Gasteiger partial charge in [-0.3, -0.25) is 5.43 Å². The van der Waals surface area contributed by atoms with Gasteiger partial charge in [-0.1, -0.05) is 13.5 Å². The summed E-state index contributed by atoms with van der Waals surface area (Å²) < 4.78 is 0. The second-order valence-electron chi connectivity index (χ2n) is 3.83. The van der Waals surface area contributed by atoms with E-state index in [2.05, 4.69) is 24.2 Å². The zero-order valence-electron chi connectivity index (χ0n) is 10.3. The largest absolute Gasteiger partial charge is 0.386 e. The average molecular weight is 214 g/mol. The molecule has 0 aromatic carbocycles. The van der Waals surface area contributed by atoms with E-state index in [4.69, 9.17) is 5.73 Å². The summed E-state index contributed by atoms with van der Waals surface area (Å²) >= 11 is 0. The number of rotatable bonds is 9. The van der Waals surface area contributed by atoms with E-state index in [1.54, 1.807) is 0 Å². The van der Waals surface area contributed by atoms with Gasteiger partial charge in [0.05, 0.1) is 0 Å². The molecule has 0 amide bonds. The highest BCUT2D eigenvalue weighted by Gasteiger charge is 2.05. The summed E-state index contributed by atoms with van der Waals surface area (Å²) in [5.74, 6) is 0. The molecule has 0 fully saturated rings. The Hall–Kier alpha value is -0.580. The van der Waals surface area contributed by atoms with Crippen molar-refractivity contribution in [1.29, 1.82) is 0 Å². The van der Waals surface area contributed by atoms with Gasteiger partial charge in [0.25, 0.3) is 0 Å². The summed E-state index contributed by atoms with van der Waals surface area (Å²) in [5.41, 5.74) is 9.69. The molecule has 0 aliphatic carbocycles. The third kappa shape index (κ3) is 7.36. The van der Waals surface area contributed by atoms with Crippen LogP contribution in [-0.2, 0) is 0 Å². The second-order valence-corrected chi connectivity index (χ2v) is 3.83. The normalized spacial score (nSPS) is 12.9. The van der Waals surface area contributed by atoms with Crippen molar-refractivity contribution in [3.8, 4) is 0 Å². The standard InChI is InChI=1S/C11H26N4/c1-5-11(6-8-12)14-10(2)7-9-15(4)13-3/h11,13-14H,2,5-9,12H2,1,3-4H3.